The van der Waals surface area contributed by atoms with Gasteiger partial charge in [0.15, 0.2) is 18.1 Å². The van der Waals surface area contributed by atoms with Gasteiger partial charge in [0.1, 0.15) is 11.4 Å². The molecule has 0 spiro atoms. The predicted octanol–water partition coefficient (Wildman–Crippen LogP) is -1.34. The molecule has 0 saturated carbocycles. The van der Waals surface area contributed by atoms with Gasteiger partial charge < -0.3 is 39.0 Å². The van der Waals surface area contributed by atoms with E-state index in [2.05, 4.69) is 0 Å². The van der Waals surface area contributed by atoms with Crippen LogP contribution in [0.2, 0.25) is 0 Å². The zero-order valence-corrected chi connectivity index (χ0v) is 20.1. The highest BCUT2D eigenvalue weighted by atomic mass is 32.2. The van der Waals surface area contributed by atoms with Gasteiger partial charge in [0, 0.05) is 31.0 Å². The smallest absolute Gasteiger partial charge is 0.519 e. The molecular weight excluding hydrogens is 496 g/mol. The highest BCUT2D eigenvalue weighted by Crippen LogP contribution is 2.40. The number of thioether (sulfide) groups is 1. The Hall–Kier alpha value is -3.52. The van der Waals surface area contributed by atoms with Crippen LogP contribution in [-0.4, -0.2) is 81.4 Å². The summed E-state index contributed by atoms with van der Waals surface area (Å²) in [5.74, 6) is -2.41. The van der Waals surface area contributed by atoms with Gasteiger partial charge >= 0.3 is 11.9 Å². The average Bonchev–Trinajstić information content (AvgIpc) is 3.55. The number of hydrogen-bond donors (Lipinski definition) is 1. The number of β-lactam (4-membered cyclic amide) rings is 1. The van der Waals surface area contributed by atoms with Gasteiger partial charge in [0.2, 0.25) is 11.8 Å². The van der Waals surface area contributed by atoms with Crippen LogP contribution in [0.5, 0.6) is 0 Å². The van der Waals surface area contributed by atoms with E-state index >= 15 is 0 Å². The molecule has 4 aliphatic heterocycles. The standard InChI is InChI=1S/C22H24N4O9S/c1-10-14(35-22(32)34-10)8-33-21(31)24-4-3-13(7-24)25-5-2-11(17(25)27)6-12-9-36-19-15(23)18(28)26(19)16(12)20(29)30/h6,13,15,19H,2-5,7-9,23H2,1H3,(H,29,30)/p-1/b11-6+/t13-,15-,19-/m1/s1. The molecular formula is C22H23N4O9S-. The lowest BCUT2D eigenvalue weighted by Crippen LogP contribution is -2.69. The Kier molecular flexibility index (Phi) is 6.16. The monoisotopic (exact) mass is 519 g/mol. The number of nitrogens with two attached hydrogens (primary N) is 1. The normalized spacial score (nSPS) is 27.1. The first-order valence-electron chi connectivity index (χ1n) is 11.3. The lowest BCUT2D eigenvalue weighted by molar-refractivity contribution is -0.301. The third-order valence-corrected chi connectivity index (χ3v) is 8.09. The Bertz CT molecular complexity index is 1260. The van der Waals surface area contributed by atoms with Crippen LogP contribution in [0.15, 0.2) is 36.5 Å². The van der Waals surface area contributed by atoms with Gasteiger partial charge in [-0.3, -0.25) is 14.5 Å². The number of aryl methyl sites for hydroxylation is 1. The second-order valence-electron chi connectivity index (χ2n) is 8.89. The van der Waals surface area contributed by atoms with E-state index in [1.165, 1.54) is 29.7 Å². The molecule has 0 unspecified atom stereocenters. The summed E-state index contributed by atoms with van der Waals surface area (Å²) >= 11 is 1.35. The number of nitrogens with zero attached hydrogens (tertiary/aromatic N) is 3. The van der Waals surface area contributed by atoms with Crippen LogP contribution in [0.1, 0.15) is 24.4 Å². The summed E-state index contributed by atoms with van der Waals surface area (Å²) in [6.07, 6.45) is 1.90. The van der Waals surface area contributed by atoms with Gasteiger partial charge in [-0.25, -0.2) is 9.59 Å². The number of carbonyl (C=O) groups excluding carboxylic acids is 4. The minimum atomic E-state index is -1.48. The first kappa shape index (κ1) is 24.2. The summed E-state index contributed by atoms with van der Waals surface area (Å²) in [6.45, 7) is 2.37. The number of amides is 3. The third kappa shape index (κ3) is 4.09. The van der Waals surface area contributed by atoms with Crippen molar-refractivity contribution in [3.05, 3.63) is 45.1 Å². The van der Waals surface area contributed by atoms with E-state index in [-0.39, 0.29) is 42.3 Å². The minimum Gasteiger partial charge on any atom is -0.543 e. The number of aliphatic carboxylic acids is 1. The molecule has 3 saturated heterocycles. The maximum absolute atomic E-state index is 13.1. The van der Waals surface area contributed by atoms with Crippen LogP contribution >= 0.6 is 11.8 Å². The Morgan fingerprint density at radius 3 is 2.72 bits per heavy atom. The molecule has 0 aliphatic carbocycles. The number of carbonyl (C=O) groups is 4. The van der Waals surface area contributed by atoms with E-state index in [1.54, 1.807) is 4.90 Å². The molecule has 5 rings (SSSR count). The van der Waals surface area contributed by atoms with Crippen molar-refractivity contribution in [3.63, 3.8) is 0 Å². The van der Waals surface area contributed by atoms with E-state index in [0.717, 1.165) is 4.90 Å². The van der Waals surface area contributed by atoms with Crippen molar-refractivity contribution in [3.8, 4) is 0 Å². The zero-order chi connectivity index (χ0) is 25.7. The molecule has 4 aliphatic rings. The van der Waals surface area contributed by atoms with E-state index in [9.17, 15) is 29.1 Å². The summed E-state index contributed by atoms with van der Waals surface area (Å²) in [4.78, 5) is 64.9. The summed E-state index contributed by atoms with van der Waals surface area (Å²) < 4.78 is 14.8. The van der Waals surface area contributed by atoms with Gasteiger partial charge in [-0.2, -0.15) is 0 Å². The quantitative estimate of drug-likeness (QED) is 0.359. The summed E-state index contributed by atoms with van der Waals surface area (Å²) in [5, 5.41) is 11.3. The van der Waals surface area contributed by atoms with E-state index in [1.807, 2.05) is 0 Å². The second-order valence-corrected chi connectivity index (χ2v) is 10.00. The summed E-state index contributed by atoms with van der Waals surface area (Å²) in [5.41, 5.74) is 6.31. The molecule has 3 amide bonds. The average molecular weight is 520 g/mol. The number of likely N-dealkylation sites (tertiary alicyclic amines) is 2. The molecule has 3 atom stereocenters. The number of ether oxygens (including phenoxy) is 1. The molecule has 3 fully saturated rings. The third-order valence-electron chi connectivity index (χ3n) is 6.76. The Labute approximate surface area is 208 Å². The maximum atomic E-state index is 13.1. The van der Waals surface area contributed by atoms with Crippen molar-refractivity contribution in [2.75, 3.05) is 25.4 Å². The van der Waals surface area contributed by atoms with Crippen molar-refractivity contribution in [2.24, 2.45) is 5.73 Å². The molecule has 192 valence electrons. The molecule has 0 bridgehead atoms. The van der Waals surface area contributed by atoms with E-state index in [0.29, 0.717) is 42.8 Å². The number of carboxylic acid groups (broad SMARTS) is 1. The summed E-state index contributed by atoms with van der Waals surface area (Å²) in [6, 6.07) is -0.972. The number of carboxylic acids is 1. The molecule has 0 radical (unpaired) electrons. The number of rotatable bonds is 5. The predicted molar refractivity (Wildman–Crippen MR) is 120 cm³/mol. The van der Waals surface area contributed by atoms with Crippen molar-refractivity contribution < 1.29 is 37.9 Å². The number of hydrogen-bond acceptors (Lipinski definition) is 11. The Morgan fingerprint density at radius 1 is 1.25 bits per heavy atom. The Morgan fingerprint density at radius 2 is 2.03 bits per heavy atom. The zero-order valence-electron chi connectivity index (χ0n) is 19.3. The first-order chi connectivity index (χ1) is 17.2. The number of allylic oxidation sites excluding steroid dienone is 1. The molecule has 36 heavy (non-hydrogen) atoms. The molecule has 1 aromatic rings. The van der Waals surface area contributed by atoms with E-state index in [4.69, 9.17) is 19.3 Å². The van der Waals surface area contributed by atoms with Gasteiger partial charge in [0.05, 0.1) is 17.7 Å². The van der Waals surface area contributed by atoms with Crippen LogP contribution in [0.25, 0.3) is 0 Å². The first-order valence-corrected chi connectivity index (χ1v) is 12.4. The fraction of sp³-hybridized carbons (Fsp3) is 0.500. The van der Waals surface area contributed by atoms with Crippen molar-refractivity contribution in [1.29, 1.82) is 0 Å². The minimum absolute atomic E-state index is 0.132. The molecule has 0 aromatic carbocycles. The summed E-state index contributed by atoms with van der Waals surface area (Å²) in [7, 11) is 0. The molecule has 1 aromatic heterocycles. The lowest BCUT2D eigenvalue weighted by Gasteiger charge is -2.49. The SMILES string of the molecule is Cc1oc(=O)oc1COC(=O)N1CC[C@@H](N2CC/C(=C\C3=C(C(=O)[O-])N4C(=O)[C@@H](N)[C@H]4SC3)C2=O)C1. The molecule has 14 heteroatoms. The van der Waals surface area contributed by atoms with Crippen LogP contribution in [0.3, 0.4) is 0 Å². The van der Waals surface area contributed by atoms with Gasteiger partial charge in [0.25, 0.3) is 0 Å². The fourth-order valence-corrected chi connectivity index (χ4v) is 6.11. The highest BCUT2D eigenvalue weighted by Gasteiger charge is 2.50. The topological polar surface area (TPSA) is 180 Å². The Balaban J connectivity index is 1.23. The van der Waals surface area contributed by atoms with Gasteiger partial charge in [-0.1, -0.05) is 0 Å². The number of fused-ring (bicyclic) bond motifs is 1. The van der Waals surface area contributed by atoms with Crippen LogP contribution in [0, 0.1) is 6.92 Å². The van der Waals surface area contributed by atoms with Crippen molar-refractivity contribution in [2.45, 2.75) is 43.8 Å². The van der Waals surface area contributed by atoms with Crippen molar-refractivity contribution >= 4 is 35.6 Å². The maximum Gasteiger partial charge on any atom is 0.519 e. The fourth-order valence-electron chi connectivity index (χ4n) is 4.85. The lowest BCUT2D eigenvalue weighted by atomic mass is 10.0. The van der Waals surface area contributed by atoms with E-state index < -0.39 is 35.2 Å². The molecule has 13 nitrogen and oxygen atoms in total. The molecule has 2 N–H and O–H groups in total. The van der Waals surface area contributed by atoms with Crippen LogP contribution in [0.4, 0.5) is 4.79 Å². The van der Waals surface area contributed by atoms with Gasteiger partial charge in [-0.15, -0.1) is 11.8 Å². The second kappa shape index (κ2) is 9.17. The highest BCUT2D eigenvalue weighted by molar-refractivity contribution is 8.00. The molecule has 5 heterocycles. The van der Waals surface area contributed by atoms with Gasteiger partial charge in [-0.05, 0) is 31.4 Å². The largest absolute Gasteiger partial charge is 0.543 e. The van der Waals surface area contributed by atoms with Crippen LogP contribution < -0.4 is 16.7 Å². The van der Waals surface area contributed by atoms with Crippen LogP contribution in [-0.2, 0) is 25.7 Å². The van der Waals surface area contributed by atoms with Crippen molar-refractivity contribution in [1.82, 2.24) is 14.7 Å².